The Kier molecular flexibility index (Phi) is 4.29. The first-order valence-corrected chi connectivity index (χ1v) is 7.53. The topological polar surface area (TPSA) is 54.4 Å². The van der Waals surface area contributed by atoms with Crippen molar-refractivity contribution in [2.45, 2.75) is 12.5 Å². The number of halogens is 1. The molecule has 2 aromatic rings. The summed E-state index contributed by atoms with van der Waals surface area (Å²) in [7, 11) is 3.93. The van der Waals surface area contributed by atoms with E-state index in [1.165, 1.54) is 0 Å². The Balaban J connectivity index is 1.67. The minimum absolute atomic E-state index is 0.0755. The number of aromatic nitrogens is 3. The molecule has 2 aromatic heterocycles. The molecule has 7 heteroatoms. The molecular formula is C15H18ClN5O. The first-order chi connectivity index (χ1) is 10.6. The number of hydrogen-bond acceptors (Lipinski definition) is 6. The van der Waals surface area contributed by atoms with Crippen LogP contribution in [0.1, 0.15) is 6.42 Å². The second kappa shape index (κ2) is 6.36. The van der Waals surface area contributed by atoms with Crippen LogP contribution in [0.4, 0.5) is 11.8 Å². The lowest BCUT2D eigenvalue weighted by atomic mass is 10.3. The van der Waals surface area contributed by atoms with E-state index in [2.05, 4.69) is 19.9 Å². The highest BCUT2D eigenvalue weighted by Crippen LogP contribution is 2.26. The molecule has 116 valence electrons. The van der Waals surface area contributed by atoms with Gasteiger partial charge in [-0.15, -0.1) is 0 Å². The van der Waals surface area contributed by atoms with Crippen LogP contribution in [0.15, 0.2) is 30.7 Å². The monoisotopic (exact) mass is 319 g/mol. The first kappa shape index (κ1) is 14.8. The molecule has 1 aliphatic rings. The normalized spacial score (nSPS) is 17.6. The molecular weight excluding hydrogens is 302 g/mol. The van der Waals surface area contributed by atoms with Crippen LogP contribution < -0.4 is 14.5 Å². The molecule has 0 bridgehead atoms. The Morgan fingerprint density at radius 1 is 1.32 bits per heavy atom. The number of nitrogens with zero attached hydrogens (tertiary/aromatic N) is 5. The average Bonchev–Trinajstić information content (AvgIpc) is 2.98. The third kappa shape index (κ3) is 3.22. The van der Waals surface area contributed by atoms with Crippen LogP contribution in [0.5, 0.6) is 5.75 Å². The molecule has 0 N–H and O–H groups in total. The molecule has 0 radical (unpaired) electrons. The van der Waals surface area contributed by atoms with Crippen LogP contribution >= 0.6 is 11.6 Å². The molecule has 3 heterocycles. The fourth-order valence-electron chi connectivity index (χ4n) is 2.38. The summed E-state index contributed by atoms with van der Waals surface area (Å²) in [6.45, 7) is 1.61. The molecule has 1 atom stereocenters. The zero-order valence-electron chi connectivity index (χ0n) is 12.6. The maximum Gasteiger partial charge on any atom is 0.227 e. The molecule has 0 aromatic carbocycles. The molecule has 0 spiro atoms. The van der Waals surface area contributed by atoms with Crippen molar-refractivity contribution in [3.63, 3.8) is 0 Å². The maximum absolute atomic E-state index is 6.08. The molecule has 0 saturated carbocycles. The molecule has 0 aliphatic carbocycles. The van der Waals surface area contributed by atoms with Crippen molar-refractivity contribution in [3.8, 4) is 5.75 Å². The highest BCUT2D eigenvalue weighted by atomic mass is 35.5. The Morgan fingerprint density at radius 2 is 2.18 bits per heavy atom. The van der Waals surface area contributed by atoms with Crippen LogP contribution in [0, 0.1) is 0 Å². The van der Waals surface area contributed by atoms with Gasteiger partial charge in [-0.25, -0.2) is 4.98 Å². The number of rotatable bonds is 4. The molecule has 6 nitrogen and oxygen atoms in total. The molecule has 22 heavy (non-hydrogen) atoms. The van der Waals surface area contributed by atoms with Crippen molar-refractivity contribution >= 4 is 23.4 Å². The number of anilines is 2. The van der Waals surface area contributed by atoms with E-state index >= 15 is 0 Å². The summed E-state index contributed by atoms with van der Waals surface area (Å²) in [4.78, 5) is 17.0. The van der Waals surface area contributed by atoms with Crippen LogP contribution in [0.3, 0.4) is 0 Å². The van der Waals surface area contributed by atoms with Gasteiger partial charge < -0.3 is 14.5 Å². The van der Waals surface area contributed by atoms with Gasteiger partial charge in [0.15, 0.2) is 0 Å². The van der Waals surface area contributed by atoms with Crippen molar-refractivity contribution in [3.05, 3.63) is 35.7 Å². The fourth-order valence-corrected chi connectivity index (χ4v) is 2.55. The SMILES string of the molecule is CN(C)c1ccnc(N2CCC(Oc3ccncc3Cl)C2)n1. The predicted molar refractivity (Wildman–Crippen MR) is 86.9 cm³/mol. The largest absolute Gasteiger partial charge is 0.487 e. The smallest absolute Gasteiger partial charge is 0.227 e. The Hall–Kier alpha value is -2.08. The summed E-state index contributed by atoms with van der Waals surface area (Å²) in [5, 5.41) is 0.534. The third-order valence-corrected chi connectivity index (χ3v) is 3.83. The average molecular weight is 320 g/mol. The second-order valence-electron chi connectivity index (χ2n) is 5.39. The van der Waals surface area contributed by atoms with Gasteiger partial charge in [0.25, 0.3) is 0 Å². The lowest BCUT2D eigenvalue weighted by molar-refractivity contribution is 0.225. The molecule has 1 unspecified atom stereocenters. The summed E-state index contributed by atoms with van der Waals surface area (Å²) in [6, 6.07) is 3.68. The van der Waals surface area contributed by atoms with Crippen LogP contribution in [-0.4, -0.2) is 48.2 Å². The predicted octanol–water partition coefficient (Wildman–Crippen LogP) is 2.25. The highest BCUT2D eigenvalue weighted by Gasteiger charge is 2.26. The van der Waals surface area contributed by atoms with Crippen molar-refractivity contribution in [2.75, 3.05) is 37.0 Å². The quantitative estimate of drug-likeness (QED) is 0.861. The van der Waals surface area contributed by atoms with Gasteiger partial charge in [0.2, 0.25) is 5.95 Å². The molecule has 1 fully saturated rings. The first-order valence-electron chi connectivity index (χ1n) is 7.15. The zero-order valence-corrected chi connectivity index (χ0v) is 13.4. The van der Waals surface area contributed by atoms with E-state index in [9.17, 15) is 0 Å². The lowest BCUT2D eigenvalue weighted by Crippen LogP contribution is -2.26. The van der Waals surface area contributed by atoms with Gasteiger partial charge in [-0.3, -0.25) is 4.98 Å². The second-order valence-corrected chi connectivity index (χ2v) is 5.80. The highest BCUT2D eigenvalue weighted by molar-refractivity contribution is 6.31. The Morgan fingerprint density at radius 3 is 2.95 bits per heavy atom. The Bertz CT molecular complexity index is 651. The summed E-state index contributed by atoms with van der Waals surface area (Å²) in [5.41, 5.74) is 0. The van der Waals surface area contributed by atoms with Gasteiger partial charge >= 0.3 is 0 Å². The van der Waals surface area contributed by atoms with Crippen LogP contribution in [0.2, 0.25) is 5.02 Å². The van der Waals surface area contributed by atoms with Gasteiger partial charge in [0.1, 0.15) is 22.7 Å². The van der Waals surface area contributed by atoms with E-state index in [0.717, 1.165) is 31.3 Å². The minimum atomic E-state index is 0.0755. The van der Waals surface area contributed by atoms with Gasteiger partial charge in [0, 0.05) is 51.7 Å². The third-order valence-electron chi connectivity index (χ3n) is 3.54. The summed E-state index contributed by atoms with van der Waals surface area (Å²) in [5.74, 6) is 2.30. The molecule has 1 aliphatic heterocycles. The summed E-state index contributed by atoms with van der Waals surface area (Å²) in [6.07, 6.45) is 6.04. The van der Waals surface area contributed by atoms with Gasteiger partial charge in [-0.2, -0.15) is 4.98 Å². The summed E-state index contributed by atoms with van der Waals surface area (Å²) < 4.78 is 5.96. The fraction of sp³-hybridized carbons (Fsp3) is 0.400. The minimum Gasteiger partial charge on any atom is -0.487 e. The standard InChI is InChI=1S/C15H18ClN5O/c1-20(2)14-4-7-18-15(19-14)21-8-5-11(10-21)22-13-3-6-17-9-12(13)16/h3-4,6-7,9,11H,5,8,10H2,1-2H3. The zero-order chi connectivity index (χ0) is 15.5. The molecule has 3 rings (SSSR count). The van der Waals surface area contributed by atoms with Gasteiger partial charge in [-0.1, -0.05) is 11.6 Å². The number of hydrogen-bond donors (Lipinski definition) is 0. The van der Waals surface area contributed by atoms with Crippen molar-refractivity contribution < 1.29 is 4.74 Å². The van der Waals surface area contributed by atoms with E-state index in [-0.39, 0.29) is 6.10 Å². The Labute approximate surface area is 134 Å². The molecule has 1 saturated heterocycles. The van der Waals surface area contributed by atoms with Crippen molar-refractivity contribution in [2.24, 2.45) is 0 Å². The van der Waals surface area contributed by atoms with Crippen LogP contribution in [0.25, 0.3) is 0 Å². The van der Waals surface area contributed by atoms with E-state index in [1.807, 2.05) is 25.1 Å². The van der Waals surface area contributed by atoms with E-state index in [1.54, 1.807) is 24.7 Å². The number of pyridine rings is 1. The van der Waals surface area contributed by atoms with Gasteiger partial charge in [0.05, 0.1) is 6.54 Å². The van der Waals surface area contributed by atoms with E-state index < -0.39 is 0 Å². The lowest BCUT2D eigenvalue weighted by Gasteiger charge is -2.19. The van der Waals surface area contributed by atoms with Crippen molar-refractivity contribution in [1.82, 2.24) is 15.0 Å². The maximum atomic E-state index is 6.08. The summed E-state index contributed by atoms with van der Waals surface area (Å²) >= 11 is 6.08. The van der Waals surface area contributed by atoms with E-state index in [0.29, 0.717) is 10.8 Å². The van der Waals surface area contributed by atoms with Crippen molar-refractivity contribution in [1.29, 1.82) is 0 Å². The molecule has 0 amide bonds. The van der Waals surface area contributed by atoms with Crippen LogP contribution in [-0.2, 0) is 0 Å². The van der Waals surface area contributed by atoms with E-state index in [4.69, 9.17) is 16.3 Å². The van der Waals surface area contributed by atoms with Gasteiger partial charge in [-0.05, 0) is 6.07 Å². The number of ether oxygens (including phenoxy) is 1.